The Bertz CT molecular complexity index is 287. The fraction of sp³-hybridized carbons (Fsp3) is 0.455. The third-order valence-electron chi connectivity index (χ3n) is 2.03. The fourth-order valence-electron chi connectivity index (χ4n) is 1.27. The van der Waals surface area contributed by atoms with Gasteiger partial charge in [-0.25, -0.2) is 0 Å². The van der Waals surface area contributed by atoms with Gasteiger partial charge in [-0.05, 0) is 37.6 Å². The van der Waals surface area contributed by atoms with Crippen molar-refractivity contribution in [3.8, 4) is 0 Å². The first kappa shape index (κ1) is 11.8. The first-order chi connectivity index (χ1) is 6.75. The molecule has 0 atom stereocenters. The quantitative estimate of drug-likeness (QED) is 0.765. The molecule has 3 heteroatoms. The van der Waals surface area contributed by atoms with Crippen molar-refractivity contribution >= 4 is 23.2 Å². The molecule has 0 unspecified atom stereocenters. The number of hydrogen-bond acceptors (Lipinski definition) is 1. The Morgan fingerprint density at radius 1 is 1.21 bits per heavy atom. The summed E-state index contributed by atoms with van der Waals surface area (Å²) in [5.41, 5.74) is 1.11. The van der Waals surface area contributed by atoms with Gasteiger partial charge in [0.1, 0.15) is 0 Å². The minimum Gasteiger partial charge on any atom is -0.316 e. The van der Waals surface area contributed by atoms with Crippen LogP contribution in [0.4, 0.5) is 0 Å². The van der Waals surface area contributed by atoms with Gasteiger partial charge in [-0.2, -0.15) is 0 Å². The molecule has 0 heterocycles. The molecular formula is C11H15Cl2N. The lowest BCUT2D eigenvalue weighted by molar-refractivity contribution is 0.671. The van der Waals surface area contributed by atoms with Crippen molar-refractivity contribution < 1.29 is 0 Å². The summed E-state index contributed by atoms with van der Waals surface area (Å²) in [5, 5.41) is 4.65. The molecule has 1 aromatic rings. The maximum Gasteiger partial charge on any atom is 0.0624 e. The van der Waals surface area contributed by atoms with Gasteiger partial charge in [0.15, 0.2) is 0 Å². The van der Waals surface area contributed by atoms with E-state index >= 15 is 0 Å². The zero-order chi connectivity index (χ0) is 10.4. The molecule has 0 spiro atoms. The Labute approximate surface area is 95.4 Å². The Morgan fingerprint density at radius 2 is 2.00 bits per heavy atom. The molecular weight excluding hydrogens is 217 g/mol. The Hall–Kier alpha value is -0.240. The Balaban J connectivity index is 2.46. The van der Waals surface area contributed by atoms with E-state index in [1.165, 1.54) is 0 Å². The highest BCUT2D eigenvalue weighted by molar-refractivity contribution is 6.42. The molecule has 0 radical (unpaired) electrons. The van der Waals surface area contributed by atoms with E-state index in [0.29, 0.717) is 10.0 Å². The van der Waals surface area contributed by atoms with Crippen LogP contribution < -0.4 is 5.32 Å². The lowest BCUT2D eigenvalue weighted by Gasteiger charge is -2.06. The van der Waals surface area contributed by atoms with Crippen LogP contribution in [0.15, 0.2) is 18.2 Å². The van der Waals surface area contributed by atoms with Gasteiger partial charge in [0.25, 0.3) is 0 Å². The van der Waals surface area contributed by atoms with Gasteiger partial charge in [-0.3, -0.25) is 0 Å². The first-order valence-corrected chi connectivity index (χ1v) is 5.65. The molecule has 14 heavy (non-hydrogen) atoms. The van der Waals surface area contributed by atoms with Crippen molar-refractivity contribution in [2.45, 2.75) is 19.8 Å². The molecule has 0 saturated carbocycles. The highest BCUT2D eigenvalue weighted by Gasteiger charge is 2.02. The second-order valence-corrected chi connectivity index (χ2v) is 4.00. The van der Waals surface area contributed by atoms with Gasteiger partial charge >= 0.3 is 0 Å². The molecule has 0 saturated heterocycles. The number of nitrogens with one attached hydrogen (secondary N) is 1. The molecule has 1 rings (SSSR count). The lowest BCUT2D eigenvalue weighted by atomic mass is 10.1. The van der Waals surface area contributed by atoms with E-state index in [0.717, 1.165) is 31.5 Å². The van der Waals surface area contributed by atoms with Crippen LogP contribution in [0, 0.1) is 0 Å². The second-order valence-electron chi connectivity index (χ2n) is 3.21. The average molecular weight is 232 g/mol. The van der Waals surface area contributed by atoms with Crippen LogP contribution >= 0.6 is 23.2 Å². The number of rotatable bonds is 5. The third-order valence-corrected chi connectivity index (χ3v) is 2.89. The topological polar surface area (TPSA) is 12.0 Å². The summed E-state index contributed by atoms with van der Waals surface area (Å²) in [4.78, 5) is 0. The van der Waals surface area contributed by atoms with Crippen LogP contribution in [0.1, 0.15) is 18.9 Å². The summed E-state index contributed by atoms with van der Waals surface area (Å²) in [6.45, 7) is 4.16. The zero-order valence-electron chi connectivity index (χ0n) is 8.32. The van der Waals surface area contributed by atoms with Gasteiger partial charge in [0.05, 0.1) is 10.0 Å². The second kappa shape index (κ2) is 6.28. The third kappa shape index (κ3) is 3.49. The molecule has 0 aliphatic heterocycles. The van der Waals surface area contributed by atoms with Gasteiger partial charge < -0.3 is 5.32 Å². The highest BCUT2D eigenvalue weighted by atomic mass is 35.5. The number of halogens is 2. The minimum atomic E-state index is 0.639. The average Bonchev–Trinajstić information content (AvgIpc) is 2.19. The van der Waals surface area contributed by atoms with E-state index in [9.17, 15) is 0 Å². The summed E-state index contributed by atoms with van der Waals surface area (Å²) in [7, 11) is 0. The minimum absolute atomic E-state index is 0.639. The molecule has 0 bridgehead atoms. The van der Waals surface area contributed by atoms with Gasteiger partial charge in [0, 0.05) is 0 Å². The molecule has 0 fully saturated rings. The fourth-order valence-corrected chi connectivity index (χ4v) is 1.68. The van der Waals surface area contributed by atoms with Crippen molar-refractivity contribution in [3.05, 3.63) is 33.8 Å². The van der Waals surface area contributed by atoms with Crippen LogP contribution in [0.25, 0.3) is 0 Å². The van der Waals surface area contributed by atoms with Crippen LogP contribution in [-0.2, 0) is 6.42 Å². The van der Waals surface area contributed by atoms with Crippen LogP contribution in [-0.4, -0.2) is 13.1 Å². The SMILES string of the molecule is CCCNCCc1cccc(Cl)c1Cl. The summed E-state index contributed by atoms with van der Waals surface area (Å²) in [6, 6.07) is 5.76. The molecule has 0 amide bonds. The molecule has 0 aliphatic rings. The van der Waals surface area contributed by atoms with Gasteiger partial charge in [-0.1, -0.05) is 42.3 Å². The molecule has 0 aliphatic carbocycles. The lowest BCUT2D eigenvalue weighted by Crippen LogP contribution is -2.17. The summed E-state index contributed by atoms with van der Waals surface area (Å²) in [6.07, 6.45) is 2.09. The van der Waals surface area contributed by atoms with Crippen LogP contribution in [0.5, 0.6) is 0 Å². The van der Waals surface area contributed by atoms with Gasteiger partial charge in [-0.15, -0.1) is 0 Å². The largest absolute Gasteiger partial charge is 0.316 e. The van der Waals surface area contributed by atoms with Gasteiger partial charge in [0.2, 0.25) is 0 Å². The van der Waals surface area contributed by atoms with E-state index in [-0.39, 0.29) is 0 Å². The standard InChI is InChI=1S/C11H15Cl2N/c1-2-7-14-8-6-9-4-3-5-10(12)11(9)13/h3-5,14H,2,6-8H2,1H3. The zero-order valence-corrected chi connectivity index (χ0v) is 9.83. The molecule has 1 N–H and O–H groups in total. The summed E-state index contributed by atoms with van der Waals surface area (Å²) >= 11 is 11.9. The van der Waals surface area contributed by atoms with E-state index in [1.807, 2.05) is 18.2 Å². The van der Waals surface area contributed by atoms with Crippen molar-refractivity contribution in [1.29, 1.82) is 0 Å². The highest BCUT2D eigenvalue weighted by Crippen LogP contribution is 2.25. The number of benzene rings is 1. The smallest absolute Gasteiger partial charge is 0.0624 e. The predicted molar refractivity (Wildman–Crippen MR) is 63.3 cm³/mol. The molecule has 0 aromatic heterocycles. The summed E-state index contributed by atoms with van der Waals surface area (Å²) < 4.78 is 0. The van der Waals surface area contributed by atoms with Crippen molar-refractivity contribution in [2.24, 2.45) is 0 Å². The Kier molecular flexibility index (Phi) is 5.31. The van der Waals surface area contributed by atoms with Crippen molar-refractivity contribution in [1.82, 2.24) is 5.32 Å². The van der Waals surface area contributed by atoms with E-state index in [2.05, 4.69) is 12.2 Å². The van der Waals surface area contributed by atoms with E-state index in [4.69, 9.17) is 23.2 Å². The maximum atomic E-state index is 6.05. The predicted octanol–water partition coefficient (Wildman–Crippen LogP) is 3.54. The van der Waals surface area contributed by atoms with E-state index < -0.39 is 0 Å². The maximum absolute atomic E-state index is 6.05. The monoisotopic (exact) mass is 231 g/mol. The summed E-state index contributed by atoms with van der Waals surface area (Å²) in [5.74, 6) is 0. The van der Waals surface area contributed by atoms with Crippen LogP contribution in [0.2, 0.25) is 10.0 Å². The number of hydrogen-bond donors (Lipinski definition) is 1. The van der Waals surface area contributed by atoms with Crippen molar-refractivity contribution in [3.63, 3.8) is 0 Å². The molecule has 78 valence electrons. The normalized spacial score (nSPS) is 10.5. The van der Waals surface area contributed by atoms with Crippen molar-refractivity contribution in [2.75, 3.05) is 13.1 Å². The molecule has 1 nitrogen and oxygen atoms in total. The first-order valence-electron chi connectivity index (χ1n) is 4.89. The molecule has 1 aromatic carbocycles. The Morgan fingerprint density at radius 3 is 2.71 bits per heavy atom. The van der Waals surface area contributed by atoms with Crippen LogP contribution in [0.3, 0.4) is 0 Å². The van der Waals surface area contributed by atoms with E-state index in [1.54, 1.807) is 0 Å².